The molecular formula is C17H15FN4O3S. The molecule has 1 amide bonds. The molecule has 26 heavy (non-hydrogen) atoms. The minimum atomic E-state index is -0.588. The Kier molecular flexibility index (Phi) is 4.12. The van der Waals surface area contributed by atoms with E-state index in [0.717, 1.165) is 24.2 Å². The van der Waals surface area contributed by atoms with Gasteiger partial charge in [0, 0.05) is 19.2 Å². The monoisotopic (exact) mass is 374 g/mol. The summed E-state index contributed by atoms with van der Waals surface area (Å²) in [4.78, 5) is 30.1. The molecular weight excluding hydrogens is 359 g/mol. The van der Waals surface area contributed by atoms with Crippen LogP contribution in [0.4, 0.5) is 15.8 Å². The molecule has 4 rings (SSSR count). The summed E-state index contributed by atoms with van der Waals surface area (Å²) >= 11 is 0.976. The molecule has 0 bridgehead atoms. The van der Waals surface area contributed by atoms with E-state index in [0.29, 0.717) is 23.6 Å². The first-order chi connectivity index (χ1) is 12.6. The highest BCUT2D eigenvalue weighted by Gasteiger charge is 2.26. The third-order valence-corrected chi connectivity index (χ3v) is 5.20. The Balaban J connectivity index is 1.85. The molecule has 2 aliphatic heterocycles. The smallest absolute Gasteiger partial charge is 0.325 e. The standard InChI is InChI=1S/C17H15FN4O3S/c1-2-5-20-13-9-12(11(18)8-14(13)25-10-15(20)23)19-16-21-6-3-4-7-22(21)17(24)26-16/h1,8-9H,3-7,10H2. The summed E-state index contributed by atoms with van der Waals surface area (Å²) < 4.78 is 23.2. The molecule has 7 nitrogen and oxygen atoms in total. The summed E-state index contributed by atoms with van der Waals surface area (Å²) in [6, 6.07) is 2.63. The van der Waals surface area contributed by atoms with E-state index in [4.69, 9.17) is 11.2 Å². The molecule has 9 heteroatoms. The quantitative estimate of drug-likeness (QED) is 0.743. The van der Waals surface area contributed by atoms with E-state index < -0.39 is 5.82 Å². The molecule has 0 radical (unpaired) electrons. The summed E-state index contributed by atoms with van der Waals surface area (Å²) in [6.45, 7) is 1.17. The number of aromatic nitrogens is 2. The van der Waals surface area contributed by atoms with Gasteiger partial charge in [-0.15, -0.1) is 6.42 Å². The lowest BCUT2D eigenvalue weighted by Gasteiger charge is -2.28. The highest BCUT2D eigenvalue weighted by Crippen LogP contribution is 2.37. The van der Waals surface area contributed by atoms with Crippen LogP contribution in [-0.4, -0.2) is 28.4 Å². The summed E-state index contributed by atoms with van der Waals surface area (Å²) in [5, 5.41) is 0. The van der Waals surface area contributed by atoms with Crippen LogP contribution >= 0.6 is 11.3 Å². The summed E-state index contributed by atoms with van der Waals surface area (Å²) in [6.07, 6.45) is 7.20. The summed E-state index contributed by atoms with van der Waals surface area (Å²) in [5.74, 6) is 1.78. The molecule has 0 N–H and O–H groups in total. The Morgan fingerprint density at radius 3 is 2.81 bits per heavy atom. The number of terminal acetylenes is 1. The van der Waals surface area contributed by atoms with Crippen LogP contribution < -0.4 is 19.3 Å². The fraction of sp³-hybridized carbons (Fsp3) is 0.353. The predicted octanol–water partition coefficient (Wildman–Crippen LogP) is 1.24. The molecule has 0 fully saturated rings. The average Bonchev–Trinajstić information content (AvgIpc) is 2.95. The number of benzene rings is 1. The van der Waals surface area contributed by atoms with Crippen LogP contribution in [0, 0.1) is 18.2 Å². The van der Waals surface area contributed by atoms with Crippen molar-refractivity contribution in [3.8, 4) is 18.1 Å². The first kappa shape index (κ1) is 16.6. The van der Waals surface area contributed by atoms with Crippen LogP contribution in [0.25, 0.3) is 0 Å². The second-order valence-corrected chi connectivity index (χ2v) is 6.88. The van der Waals surface area contributed by atoms with Crippen molar-refractivity contribution in [2.45, 2.75) is 25.9 Å². The SMILES string of the molecule is C#CCN1C(=O)COc2cc(F)c(N=c3sc(=O)n4n3CCCC4)cc21. The van der Waals surface area contributed by atoms with Crippen molar-refractivity contribution in [3.63, 3.8) is 0 Å². The van der Waals surface area contributed by atoms with E-state index in [1.54, 1.807) is 9.36 Å². The van der Waals surface area contributed by atoms with Crippen molar-refractivity contribution in [1.29, 1.82) is 0 Å². The van der Waals surface area contributed by atoms with E-state index in [1.807, 2.05) is 0 Å². The largest absolute Gasteiger partial charge is 0.481 e. The molecule has 0 spiro atoms. The molecule has 134 valence electrons. The summed E-state index contributed by atoms with van der Waals surface area (Å²) in [7, 11) is 0. The van der Waals surface area contributed by atoms with Crippen LogP contribution in [0.2, 0.25) is 0 Å². The Morgan fingerprint density at radius 2 is 2.04 bits per heavy atom. The van der Waals surface area contributed by atoms with Gasteiger partial charge in [0.15, 0.2) is 12.4 Å². The number of ether oxygens (including phenoxy) is 1. The first-order valence-electron chi connectivity index (χ1n) is 8.14. The van der Waals surface area contributed by atoms with Gasteiger partial charge in [0.2, 0.25) is 4.80 Å². The Hall–Kier alpha value is -2.86. The maximum absolute atomic E-state index is 14.5. The zero-order valence-corrected chi connectivity index (χ0v) is 14.6. The van der Waals surface area contributed by atoms with Gasteiger partial charge in [-0.1, -0.05) is 5.92 Å². The molecule has 2 aromatic rings. The fourth-order valence-electron chi connectivity index (χ4n) is 3.08. The van der Waals surface area contributed by atoms with Gasteiger partial charge >= 0.3 is 4.87 Å². The number of hydrogen-bond donors (Lipinski definition) is 0. The maximum Gasteiger partial charge on any atom is 0.325 e. The number of carbonyl (C=O) groups excluding carboxylic acids is 1. The van der Waals surface area contributed by atoms with Gasteiger partial charge < -0.3 is 4.74 Å². The van der Waals surface area contributed by atoms with Crippen LogP contribution in [0.1, 0.15) is 12.8 Å². The topological polar surface area (TPSA) is 68.8 Å². The normalized spacial score (nSPS) is 16.7. The maximum atomic E-state index is 14.5. The second kappa shape index (κ2) is 6.46. The van der Waals surface area contributed by atoms with Crippen LogP contribution in [0.3, 0.4) is 0 Å². The van der Waals surface area contributed by atoms with Gasteiger partial charge in [-0.2, -0.15) is 0 Å². The van der Waals surface area contributed by atoms with E-state index in [9.17, 15) is 14.0 Å². The number of anilines is 1. The van der Waals surface area contributed by atoms with Gasteiger partial charge in [0.05, 0.1) is 12.2 Å². The molecule has 0 unspecified atom stereocenters. The number of carbonyl (C=O) groups is 1. The van der Waals surface area contributed by atoms with Gasteiger partial charge in [0.25, 0.3) is 5.91 Å². The third-order valence-electron chi connectivity index (χ3n) is 4.33. The Bertz CT molecular complexity index is 1060. The molecule has 1 aromatic carbocycles. The highest BCUT2D eigenvalue weighted by atomic mass is 32.1. The van der Waals surface area contributed by atoms with Crippen molar-refractivity contribution in [2.24, 2.45) is 4.99 Å². The van der Waals surface area contributed by atoms with E-state index in [2.05, 4.69) is 10.9 Å². The first-order valence-corrected chi connectivity index (χ1v) is 8.96. The number of rotatable bonds is 2. The average molecular weight is 374 g/mol. The number of hydrogen-bond acceptors (Lipinski definition) is 5. The zero-order valence-electron chi connectivity index (χ0n) is 13.8. The fourth-order valence-corrected chi connectivity index (χ4v) is 3.97. The number of amides is 1. The lowest BCUT2D eigenvalue weighted by Crippen LogP contribution is -2.39. The van der Waals surface area contributed by atoms with Crippen molar-refractivity contribution in [2.75, 3.05) is 18.1 Å². The highest BCUT2D eigenvalue weighted by molar-refractivity contribution is 7.06. The molecule has 3 heterocycles. The predicted molar refractivity (Wildman–Crippen MR) is 94.1 cm³/mol. The van der Waals surface area contributed by atoms with Crippen molar-refractivity contribution in [3.05, 3.63) is 32.4 Å². The van der Waals surface area contributed by atoms with Crippen LogP contribution in [-0.2, 0) is 17.9 Å². The number of halogens is 1. The molecule has 0 saturated heterocycles. The molecule has 2 aliphatic rings. The minimum absolute atomic E-state index is 0.0341. The van der Waals surface area contributed by atoms with Gasteiger partial charge in [0.1, 0.15) is 11.4 Å². The van der Waals surface area contributed by atoms with Gasteiger partial charge in [-0.05, 0) is 30.2 Å². The second-order valence-electron chi connectivity index (χ2n) is 5.96. The Morgan fingerprint density at radius 1 is 1.27 bits per heavy atom. The van der Waals surface area contributed by atoms with Crippen molar-refractivity contribution >= 4 is 28.6 Å². The molecule has 0 atom stereocenters. The lowest BCUT2D eigenvalue weighted by atomic mass is 10.2. The molecule has 0 aliphatic carbocycles. The van der Waals surface area contributed by atoms with Gasteiger partial charge in [-0.25, -0.2) is 14.1 Å². The van der Waals surface area contributed by atoms with Crippen molar-refractivity contribution < 1.29 is 13.9 Å². The zero-order chi connectivity index (χ0) is 18.3. The third kappa shape index (κ3) is 2.72. The van der Waals surface area contributed by atoms with Gasteiger partial charge in [-0.3, -0.25) is 19.2 Å². The van der Waals surface area contributed by atoms with Crippen molar-refractivity contribution in [1.82, 2.24) is 9.36 Å². The minimum Gasteiger partial charge on any atom is -0.481 e. The van der Waals surface area contributed by atoms with Crippen LogP contribution in [0.5, 0.6) is 5.75 Å². The number of fused-ring (bicyclic) bond motifs is 2. The number of nitrogens with zero attached hydrogens (tertiary/aromatic N) is 4. The van der Waals surface area contributed by atoms with E-state index >= 15 is 0 Å². The molecule has 1 aromatic heterocycles. The summed E-state index contributed by atoms with van der Waals surface area (Å²) in [5.41, 5.74) is 0.413. The molecule has 0 saturated carbocycles. The van der Waals surface area contributed by atoms with Crippen LogP contribution in [0.15, 0.2) is 21.9 Å². The van der Waals surface area contributed by atoms with E-state index in [-0.39, 0.29) is 35.4 Å². The lowest BCUT2D eigenvalue weighted by molar-refractivity contribution is -0.121. The van der Waals surface area contributed by atoms with E-state index in [1.165, 1.54) is 17.0 Å². The Labute approximate surface area is 151 Å².